The molecule has 9 heteroatoms. The van der Waals surface area contributed by atoms with Gasteiger partial charge in [-0.15, -0.1) is 0 Å². The first-order chi connectivity index (χ1) is 8.54. The van der Waals surface area contributed by atoms with Crippen molar-refractivity contribution in [1.29, 1.82) is 0 Å². The first kappa shape index (κ1) is 15.3. The van der Waals surface area contributed by atoms with Crippen molar-refractivity contribution in [3.05, 3.63) is 29.8 Å². The number of alkyl halides is 3. The van der Waals surface area contributed by atoms with Gasteiger partial charge in [-0.2, -0.15) is 26.0 Å². The minimum Gasteiger partial charge on any atom is -0.858 e. The highest BCUT2D eigenvalue weighted by molar-refractivity contribution is 7.91. The molecule has 19 heavy (non-hydrogen) atoms. The molecule has 5 nitrogen and oxygen atoms in total. The second kappa shape index (κ2) is 5.08. The Morgan fingerprint density at radius 3 is 2.05 bits per heavy atom. The predicted molar refractivity (Wildman–Crippen MR) is 62.3 cm³/mol. The van der Waals surface area contributed by atoms with Gasteiger partial charge in [0.25, 0.3) is 0 Å². The van der Waals surface area contributed by atoms with E-state index in [0.29, 0.717) is 5.69 Å². The van der Waals surface area contributed by atoms with Crippen molar-refractivity contribution < 1.29 is 26.7 Å². The number of hydrogen-bond donors (Lipinski definition) is 0. The number of anilines is 1. The molecule has 0 bridgehead atoms. The van der Waals surface area contributed by atoms with Crippen LogP contribution in [0.2, 0.25) is 0 Å². The van der Waals surface area contributed by atoms with Crippen molar-refractivity contribution in [2.24, 2.45) is 4.40 Å². The molecule has 0 heterocycles. The number of nitrogens with zero attached hydrogens (tertiary/aromatic N) is 2. The first-order valence-corrected chi connectivity index (χ1v) is 6.34. The van der Waals surface area contributed by atoms with Crippen LogP contribution in [0.4, 0.5) is 18.9 Å². The molecule has 0 aliphatic carbocycles. The third-order valence-corrected chi connectivity index (χ3v) is 3.12. The van der Waals surface area contributed by atoms with E-state index in [-0.39, 0.29) is 5.56 Å². The zero-order valence-corrected chi connectivity index (χ0v) is 10.8. The highest BCUT2D eigenvalue weighted by Gasteiger charge is 2.45. The highest BCUT2D eigenvalue weighted by atomic mass is 32.2. The fourth-order valence-electron chi connectivity index (χ4n) is 1.12. The molecule has 0 aliphatic heterocycles. The van der Waals surface area contributed by atoms with E-state index in [2.05, 4.69) is 4.40 Å². The third kappa shape index (κ3) is 3.60. The molecule has 1 aromatic carbocycles. The van der Waals surface area contributed by atoms with Crippen LogP contribution in [-0.2, 0) is 10.0 Å². The summed E-state index contributed by atoms with van der Waals surface area (Å²) in [7, 11) is -2.34. The van der Waals surface area contributed by atoms with Crippen LogP contribution in [0.25, 0.3) is 0 Å². The van der Waals surface area contributed by atoms with Crippen LogP contribution in [0.15, 0.2) is 28.7 Å². The first-order valence-electron chi connectivity index (χ1n) is 4.90. The topological polar surface area (TPSA) is 72.8 Å². The van der Waals surface area contributed by atoms with Crippen LogP contribution >= 0.6 is 0 Å². The lowest BCUT2D eigenvalue weighted by Crippen LogP contribution is -2.27. The van der Waals surface area contributed by atoms with Crippen LogP contribution in [0.3, 0.4) is 0 Å². The van der Waals surface area contributed by atoms with Gasteiger partial charge in [0.15, 0.2) is 0 Å². The van der Waals surface area contributed by atoms with Gasteiger partial charge in [-0.1, -0.05) is 12.1 Å². The smallest absolute Gasteiger partial charge is 0.518 e. The van der Waals surface area contributed by atoms with E-state index in [4.69, 9.17) is 0 Å². The summed E-state index contributed by atoms with van der Waals surface area (Å²) in [6.45, 7) is 0. The second-order valence-electron chi connectivity index (χ2n) is 3.76. The van der Waals surface area contributed by atoms with Crippen LogP contribution in [0.1, 0.15) is 5.56 Å². The van der Waals surface area contributed by atoms with E-state index in [1.54, 1.807) is 19.0 Å². The minimum atomic E-state index is -5.81. The van der Waals surface area contributed by atoms with Gasteiger partial charge in [-0.05, 0) is 17.7 Å². The molecule has 0 amide bonds. The van der Waals surface area contributed by atoms with Gasteiger partial charge in [0, 0.05) is 25.7 Å². The van der Waals surface area contributed by atoms with Gasteiger partial charge in [0.1, 0.15) is 0 Å². The van der Waals surface area contributed by atoms with Crippen molar-refractivity contribution in [2.75, 3.05) is 19.0 Å². The van der Waals surface area contributed by atoms with Gasteiger partial charge in [0.2, 0.25) is 0 Å². The molecule has 0 saturated heterocycles. The molecule has 1 rings (SSSR count). The predicted octanol–water partition coefficient (Wildman–Crippen LogP) is 0.709. The Morgan fingerprint density at radius 1 is 1.21 bits per heavy atom. The summed E-state index contributed by atoms with van der Waals surface area (Å²) in [5.74, 6) is -1.46. The highest BCUT2D eigenvalue weighted by Crippen LogP contribution is 2.25. The summed E-state index contributed by atoms with van der Waals surface area (Å²) in [5.41, 5.74) is -5.11. The lowest BCUT2D eigenvalue weighted by Gasteiger charge is -2.15. The quantitative estimate of drug-likeness (QED) is 0.608. The Bertz CT molecular complexity index is 577. The van der Waals surface area contributed by atoms with Crippen LogP contribution in [-0.4, -0.2) is 33.9 Å². The van der Waals surface area contributed by atoms with Crippen molar-refractivity contribution in [3.8, 4) is 0 Å². The summed E-state index contributed by atoms with van der Waals surface area (Å²) in [5, 5.41) is 11.3. The fourth-order valence-corrected chi connectivity index (χ4v) is 1.54. The lowest BCUT2D eigenvalue weighted by atomic mass is 10.2. The van der Waals surface area contributed by atoms with Gasteiger partial charge in [-0.3, -0.25) is 0 Å². The number of benzene rings is 1. The SMILES string of the molecule is CN(C)c1ccc(/C([O-])=N/S(=O)(=O)C(F)(F)F)cc1. The summed E-state index contributed by atoms with van der Waals surface area (Å²) in [6, 6.07) is 5.33. The van der Waals surface area contributed by atoms with Crippen molar-refractivity contribution in [3.63, 3.8) is 0 Å². The summed E-state index contributed by atoms with van der Waals surface area (Å²) in [4.78, 5) is 1.71. The molecule has 1 aromatic rings. The molecule has 0 saturated carbocycles. The van der Waals surface area contributed by atoms with Gasteiger partial charge < -0.3 is 10.0 Å². The molecule has 0 unspecified atom stereocenters. The molecule has 0 aromatic heterocycles. The van der Waals surface area contributed by atoms with Crippen molar-refractivity contribution in [1.82, 2.24) is 0 Å². The molecule has 0 atom stereocenters. The molecule has 0 fully saturated rings. The zero-order chi connectivity index (χ0) is 14.8. The maximum atomic E-state index is 12.0. The lowest BCUT2D eigenvalue weighted by molar-refractivity contribution is -0.212. The maximum Gasteiger partial charge on any atom is 0.518 e. The summed E-state index contributed by atoms with van der Waals surface area (Å²) >= 11 is 0. The molecule has 0 spiro atoms. The third-order valence-electron chi connectivity index (χ3n) is 2.13. The molecule has 0 aliphatic rings. The Morgan fingerprint density at radius 2 is 1.68 bits per heavy atom. The van der Waals surface area contributed by atoms with E-state index in [1.807, 2.05) is 0 Å². The summed E-state index contributed by atoms with van der Waals surface area (Å²) < 4.78 is 59.7. The minimum absolute atomic E-state index is 0.238. The van der Waals surface area contributed by atoms with Crippen molar-refractivity contribution in [2.45, 2.75) is 5.51 Å². The van der Waals surface area contributed by atoms with Crippen molar-refractivity contribution >= 4 is 21.6 Å². The molecular formula is C10H10F3N2O3S-. The van der Waals surface area contributed by atoms with E-state index in [1.165, 1.54) is 24.3 Å². The average Bonchev–Trinajstić information content (AvgIpc) is 2.27. The zero-order valence-electron chi connectivity index (χ0n) is 9.97. The molecule has 0 N–H and O–H groups in total. The van der Waals surface area contributed by atoms with Gasteiger partial charge in [0.05, 0.1) is 0 Å². The Labute approximate surface area is 108 Å². The molecule has 0 radical (unpaired) electrons. The number of sulfonamides is 1. The van der Waals surface area contributed by atoms with Crippen LogP contribution < -0.4 is 10.0 Å². The maximum absolute atomic E-state index is 12.0. The average molecular weight is 295 g/mol. The number of hydrogen-bond acceptors (Lipinski definition) is 4. The Balaban J connectivity index is 3.11. The number of halogens is 3. The van der Waals surface area contributed by atoms with Crippen LogP contribution in [0, 0.1) is 0 Å². The normalized spacial score (nSPS) is 13.4. The standard InChI is InChI=1S/C10H11F3N2O3S/c1-15(2)8-5-3-7(4-6-8)9(16)14-19(17,18)10(11,12)13/h3-6H,1-2H3,(H,14,16)/p-1. The Hall–Kier alpha value is -1.77. The largest absolute Gasteiger partial charge is 0.858 e. The van der Waals surface area contributed by atoms with E-state index < -0.39 is 21.4 Å². The van der Waals surface area contributed by atoms with E-state index in [0.717, 1.165) is 0 Å². The second-order valence-corrected chi connectivity index (χ2v) is 5.35. The molecule has 106 valence electrons. The number of rotatable bonds is 3. The molecular weight excluding hydrogens is 285 g/mol. The van der Waals surface area contributed by atoms with Gasteiger partial charge in [-0.25, -0.2) is 0 Å². The fraction of sp³-hybridized carbons (Fsp3) is 0.300. The Kier molecular flexibility index (Phi) is 4.09. The monoisotopic (exact) mass is 295 g/mol. The van der Waals surface area contributed by atoms with E-state index >= 15 is 0 Å². The van der Waals surface area contributed by atoms with Gasteiger partial charge >= 0.3 is 15.5 Å². The summed E-state index contributed by atoms with van der Waals surface area (Å²) in [6.07, 6.45) is 0. The van der Waals surface area contributed by atoms with Crippen LogP contribution in [0.5, 0.6) is 0 Å². The van der Waals surface area contributed by atoms with E-state index in [9.17, 15) is 26.7 Å².